The Kier molecular flexibility index (Phi) is 8.77. The van der Waals surface area contributed by atoms with Crippen molar-refractivity contribution in [2.75, 3.05) is 13.1 Å². The molecule has 1 aromatic heterocycles. The van der Waals surface area contributed by atoms with Crippen molar-refractivity contribution in [1.82, 2.24) is 9.21 Å². The predicted molar refractivity (Wildman–Crippen MR) is 130 cm³/mol. The number of amides is 1. The van der Waals surface area contributed by atoms with Crippen LogP contribution in [0.25, 0.3) is 0 Å². The lowest BCUT2D eigenvalue weighted by molar-refractivity contribution is -0.132. The monoisotopic (exact) mass is 488 g/mol. The van der Waals surface area contributed by atoms with E-state index in [1.807, 2.05) is 61.7 Å². The molecule has 5 nitrogen and oxygen atoms in total. The summed E-state index contributed by atoms with van der Waals surface area (Å²) in [4.78, 5) is 16.1. The Balaban J connectivity index is 1.87. The van der Waals surface area contributed by atoms with E-state index in [0.717, 1.165) is 29.0 Å². The standard InChI is InChI=1S/C25H29FN2O3S2/c1-3-20(2)16-28(33(30,31)24-13-11-22(26)12-14-24)19-25(29)27(18-23-10-7-15-32-23)17-21-8-5-4-6-9-21/h4-15,20H,3,16-19H2,1-2H3. The highest BCUT2D eigenvalue weighted by Crippen LogP contribution is 2.21. The van der Waals surface area contributed by atoms with Crippen LogP contribution in [0, 0.1) is 11.7 Å². The second-order valence-corrected chi connectivity index (χ2v) is 11.0. The summed E-state index contributed by atoms with van der Waals surface area (Å²) in [5.74, 6) is -0.724. The van der Waals surface area contributed by atoms with E-state index in [9.17, 15) is 17.6 Å². The van der Waals surface area contributed by atoms with Crippen LogP contribution in [0.15, 0.2) is 77.0 Å². The molecule has 0 spiro atoms. The van der Waals surface area contributed by atoms with Crippen molar-refractivity contribution in [2.24, 2.45) is 5.92 Å². The molecule has 1 atom stereocenters. The van der Waals surface area contributed by atoms with Crippen LogP contribution in [0.5, 0.6) is 0 Å². The van der Waals surface area contributed by atoms with E-state index in [2.05, 4.69) is 0 Å². The van der Waals surface area contributed by atoms with Gasteiger partial charge in [-0.1, -0.05) is 56.7 Å². The van der Waals surface area contributed by atoms with Crippen LogP contribution in [0.1, 0.15) is 30.7 Å². The predicted octanol–water partition coefficient (Wildman–Crippen LogP) is 5.15. The molecule has 1 amide bonds. The van der Waals surface area contributed by atoms with Crippen molar-refractivity contribution in [1.29, 1.82) is 0 Å². The Morgan fingerprint density at radius 3 is 2.30 bits per heavy atom. The number of carbonyl (C=O) groups excluding carboxylic acids is 1. The minimum Gasteiger partial charge on any atom is -0.332 e. The van der Waals surface area contributed by atoms with Crippen LogP contribution >= 0.6 is 11.3 Å². The maximum Gasteiger partial charge on any atom is 0.243 e. The fraction of sp³-hybridized carbons (Fsp3) is 0.320. The maximum absolute atomic E-state index is 13.5. The number of nitrogens with zero attached hydrogens (tertiary/aromatic N) is 2. The molecule has 33 heavy (non-hydrogen) atoms. The number of carbonyl (C=O) groups is 1. The Morgan fingerprint density at radius 2 is 1.70 bits per heavy atom. The molecule has 2 aromatic carbocycles. The minimum atomic E-state index is -3.96. The molecule has 1 heterocycles. The van der Waals surface area contributed by atoms with Gasteiger partial charge in [-0.3, -0.25) is 4.79 Å². The highest BCUT2D eigenvalue weighted by molar-refractivity contribution is 7.89. The summed E-state index contributed by atoms with van der Waals surface area (Å²) in [5.41, 5.74) is 0.970. The van der Waals surface area contributed by atoms with Crippen LogP contribution < -0.4 is 0 Å². The summed E-state index contributed by atoms with van der Waals surface area (Å²) in [7, 11) is -3.96. The fourth-order valence-corrected chi connectivity index (χ4v) is 5.59. The average molecular weight is 489 g/mol. The van der Waals surface area contributed by atoms with Gasteiger partial charge in [0.25, 0.3) is 0 Å². The Bertz CT molecular complexity index is 1120. The van der Waals surface area contributed by atoms with E-state index in [-0.39, 0.29) is 29.8 Å². The second kappa shape index (κ2) is 11.5. The zero-order valence-electron chi connectivity index (χ0n) is 18.9. The molecular formula is C25H29FN2O3S2. The lowest BCUT2D eigenvalue weighted by Crippen LogP contribution is -2.44. The van der Waals surface area contributed by atoms with Crippen molar-refractivity contribution in [2.45, 2.75) is 38.3 Å². The molecule has 1 unspecified atom stereocenters. The highest BCUT2D eigenvalue weighted by atomic mass is 32.2. The zero-order chi connectivity index (χ0) is 23.8. The lowest BCUT2D eigenvalue weighted by atomic mass is 10.1. The first-order chi connectivity index (χ1) is 15.8. The summed E-state index contributed by atoms with van der Waals surface area (Å²) in [6, 6.07) is 18.2. The van der Waals surface area contributed by atoms with E-state index >= 15 is 0 Å². The van der Waals surface area contributed by atoms with E-state index in [0.29, 0.717) is 13.1 Å². The third-order valence-corrected chi connectivity index (χ3v) is 8.16. The molecule has 0 aliphatic carbocycles. The first kappa shape index (κ1) is 25.1. The van der Waals surface area contributed by atoms with Crippen LogP contribution in [0.2, 0.25) is 0 Å². The third-order valence-electron chi connectivity index (χ3n) is 5.47. The molecular weight excluding hydrogens is 459 g/mol. The number of benzene rings is 2. The van der Waals surface area contributed by atoms with E-state index in [1.54, 1.807) is 16.2 Å². The van der Waals surface area contributed by atoms with Crippen molar-refractivity contribution < 1.29 is 17.6 Å². The SMILES string of the molecule is CCC(C)CN(CC(=O)N(Cc1ccccc1)Cc1cccs1)S(=O)(=O)c1ccc(F)cc1. The van der Waals surface area contributed by atoms with Crippen molar-refractivity contribution in [3.05, 3.63) is 88.4 Å². The molecule has 8 heteroatoms. The zero-order valence-corrected chi connectivity index (χ0v) is 20.5. The number of halogens is 1. The largest absolute Gasteiger partial charge is 0.332 e. The van der Waals surface area contributed by atoms with Gasteiger partial charge in [-0.2, -0.15) is 4.31 Å². The van der Waals surface area contributed by atoms with Crippen molar-refractivity contribution in [3.8, 4) is 0 Å². The summed E-state index contributed by atoms with van der Waals surface area (Å²) in [5, 5.41) is 1.95. The highest BCUT2D eigenvalue weighted by Gasteiger charge is 2.29. The van der Waals surface area contributed by atoms with Crippen molar-refractivity contribution >= 4 is 27.3 Å². The van der Waals surface area contributed by atoms with Crippen LogP contribution in [-0.4, -0.2) is 36.6 Å². The summed E-state index contributed by atoms with van der Waals surface area (Å²) in [6.07, 6.45) is 0.770. The molecule has 176 valence electrons. The van der Waals surface area contributed by atoms with Gasteiger partial charge < -0.3 is 4.90 Å². The molecule has 0 N–H and O–H groups in total. The molecule has 0 bridgehead atoms. The van der Waals surface area contributed by atoms with Gasteiger partial charge >= 0.3 is 0 Å². The number of hydrogen-bond donors (Lipinski definition) is 0. The van der Waals surface area contributed by atoms with Gasteiger partial charge in [-0.05, 0) is 47.2 Å². The van der Waals surface area contributed by atoms with Crippen LogP contribution in [0.4, 0.5) is 4.39 Å². The molecule has 3 rings (SSSR count). The number of sulfonamides is 1. The third kappa shape index (κ3) is 6.96. The molecule has 0 aliphatic rings. The van der Waals surface area contributed by atoms with Crippen LogP contribution in [-0.2, 0) is 27.9 Å². The fourth-order valence-electron chi connectivity index (χ4n) is 3.36. The van der Waals surface area contributed by atoms with E-state index in [1.165, 1.54) is 16.4 Å². The van der Waals surface area contributed by atoms with Crippen molar-refractivity contribution in [3.63, 3.8) is 0 Å². The number of rotatable bonds is 11. The van der Waals surface area contributed by atoms with Gasteiger partial charge in [0.05, 0.1) is 18.0 Å². The quantitative estimate of drug-likeness (QED) is 0.375. The number of thiophene rings is 1. The van der Waals surface area contributed by atoms with Gasteiger partial charge in [0, 0.05) is 18.0 Å². The Morgan fingerprint density at radius 1 is 1.00 bits per heavy atom. The van der Waals surface area contributed by atoms with Gasteiger partial charge in [0.15, 0.2) is 0 Å². The van der Waals surface area contributed by atoms with Gasteiger partial charge in [-0.25, -0.2) is 12.8 Å². The van der Waals surface area contributed by atoms with E-state index in [4.69, 9.17) is 0 Å². The summed E-state index contributed by atoms with van der Waals surface area (Å²) >= 11 is 1.55. The smallest absolute Gasteiger partial charge is 0.243 e. The first-order valence-corrected chi connectivity index (χ1v) is 13.2. The molecule has 3 aromatic rings. The lowest BCUT2D eigenvalue weighted by Gasteiger charge is -2.28. The molecule has 0 aliphatic heterocycles. The van der Waals surface area contributed by atoms with E-state index < -0.39 is 15.8 Å². The molecule has 0 radical (unpaired) electrons. The average Bonchev–Trinajstić information content (AvgIpc) is 3.32. The Labute approximate surface area is 199 Å². The van der Waals surface area contributed by atoms with Gasteiger partial charge in [0.2, 0.25) is 15.9 Å². The minimum absolute atomic E-state index is 0.0205. The van der Waals surface area contributed by atoms with Gasteiger partial charge in [0.1, 0.15) is 5.82 Å². The maximum atomic E-state index is 13.5. The first-order valence-electron chi connectivity index (χ1n) is 10.9. The molecule has 0 fully saturated rings. The normalized spacial score (nSPS) is 12.6. The topological polar surface area (TPSA) is 57.7 Å². The molecule has 0 saturated heterocycles. The summed E-state index contributed by atoms with van der Waals surface area (Å²) in [6.45, 7) is 4.64. The number of hydrogen-bond acceptors (Lipinski definition) is 4. The van der Waals surface area contributed by atoms with Crippen LogP contribution in [0.3, 0.4) is 0 Å². The van der Waals surface area contributed by atoms with Gasteiger partial charge in [-0.15, -0.1) is 11.3 Å². The Hall–Kier alpha value is -2.55. The molecule has 0 saturated carbocycles. The second-order valence-electron chi connectivity index (χ2n) is 8.08. The summed E-state index contributed by atoms with van der Waals surface area (Å²) < 4.78 is 41.3.